The second kappa shape index (κ2) is 7.27. The van der Waals surface area contributed by atoms with E-state index in [9.17, 15) is 10.1 Å². The molecule has 1 N–H and O–H groups in total. The summed E-state index contributed by atoms with van der Waals surface area (Å²) >= 11 is 3.14. The fourth-order valence-electron chi connectivity index (χ4n) is 1.29. The second-order valence-corrected chi connectivity index (χ2v) is 4.96. The third-order valence-corrected chi connectivity index (χ3v) is 2.54. The van der Waals surface area contributed by atoms with Gasteiger partial charge >= 0.3 is 5.69 Å². The minimum atomic E-state index is -0.501. The fraction of sp³-hybridized carbons (Fsp3) is 0.545. The highest BCUT2D eigenvalue weighted by molar-refractivity contribution is 9.10. The van der Waals surface area contributed by atoms with Crippen LogP contribution >= 0.6 is 15.9 Å². The number of aromatic nitrogens is 1. The van der Waals surface area contributed by atoms with Crippen LogP contribution in [-0.4, -0.2) is 29.1 Å². The van der Waals surface area contributed by atoms with Crippen molar-refractivity contribution in [1.29, 1.82) is 0 Å². The van der Waals surface area contributed by atoms with Gasteiger partial charge < -0.3 is 10.1 Å². The van der Waals surface area contributed by atoms with Crippen molar-refractivity contribution in [2.75, 3.05) is 13.2 Å². The fourth-order valence-corrected chi connectivity index (χ4v) is 1.61. The van der Waals surface area contributed by atoms with Gasteiger partial charge in [-0.15, -0.1) is 0 Å². The Morgan fingerprint density at radius 2 is 2.33 bits per heavy atom. The Labute approximate surface area is 114 Å². The summed E-state index contributed by atoms with van der Waals surface area (Å²) in [4.78, 5) is 14.2. The third-order valence-electron chi connectivity index (χ3n) is 2.11. The van der Waals surface area contributed by atoms with Crippen molar-refractivity contribution in [3.63, 3.8) is 0 Å². The van der Waals surface area contributed by atoms with Gasteiger partial charge in [0.05, 0.1) is 11.5 Å². The highest BCUT2D eigenvalue weighted by atomic mass is 79.9. The van der Waals surface area contributed by atoms with E-state index in [0.29, 0.717) is 17.1 Å². The molecule has 0 fully saturated rings. The Balaban J connectivity index is 2.49. The molecule has 0 radical (unpaired) electrons. The van der Waals surface area contributed by atoms with Gasteiger partial charge in [0.25, 0.3) is 5.88 Å². The summed E-state index contributed by atoms with van der Waals surface area (Å²) in [6, 6.07) is 1.81. The average molecular weight is 318 g/mol. The molecule has 0 aromatic carbocycles. The number of rotatable bonds is 7. The van der Waals surface area contributed by atoms with Crippen LogP contribution in [0, 0.1) is 10.1 Å². The molecule has 0 saturated heterocycles. The summed E-state index contributed by atoms with van der Waals surface area (Å²) < 4.78 is 5.88. The molecule has 7 heteroatoms. The monoisotopic (exact) mass is 317 g/mol. The minimum Gasteiger partial charge on any atom is -0.473 e. The lowest BCUT2D eigenvalue weighted by atomic mass is 10.3. The number of halogens is 1. The maximum atomic E-state index is 10.8. The smallest absolute Gasteiger partial charge is 0.332 e. The van der Waals surface area contributed by atoms with E-state index in [1.165, 1.54) is 12.3 Å². The Hall–Kier alpha value is -1.21. The van der Waals surface area contributed by atoms with Crippen LogP contribution in [0.4, 0.5) is 5.69 Å². The number of nitrogens with one attached hydrogen (secondary N) is 1. The van der Waals surface area contributed by atoms with Crippen LogP contribution in [0.25, 0.3) is 0 Å². The predicted octanol–water partition coefficient (Wildman–Crippen LogP) is 2.52. The molecule has 0 spiro atoms. The van der Waals surface area contributed by atoms with Gasteiger partial charge in [-0.2, -0.15) is 0 Å². The molecule has 0 amide bonds. The van der Waals surface area contributed by atoms with E-state index in [-0.39, 0.29) is 11.6 Å². The lowest BCUT2D eigenvalue weighted by Gasteiger charge is -2.08. The van der Waals surface area contributed by atoms with Gasteiger partial charge in [-0.1, -0.05) is 13.8 Å². The molecule has 0 aliphatic heterocycles. The van der Waals surface area contributed by atoms with Crippen LogP contribution in [0.15, 0.2) is 16.7 Å². The summed E-state index contributed by atoms with van der Waals surface area (Å²) in [7, 11) is 0. The summed E-state index contributed by atoms with van der Waals surface area (Å²) in [6.07, 6.45) is 2.25. The average Bonchev–Trinajstić information content (AvgIpc) is 2.29. The number of nitro groups is 1. The quantitative estimate of drug-likeness (QED) is 0.475. The lowest BCUT2D eigenvalue weighted by molar-refractivity contribution is -0.386. The Bertz CT molecular complexity index is 413. The Morgan fingerprint density at radius 3 is 2.94 bits per heavy atom. The summed E-state index contributed by atoms with van der Waals surface area (Å²) in [6.45, 7) is 5.32. The molecule has 0 bridgehead atoms. The highest BCUT2D eigenvalue weighted by Gasteiger charge is 2.17. The van der Waals surface area contributed by atoms with Crippen molar-refractivity contribution in [1.82, 2.24) is 10.3 Å². The minimum absolute atomic E-state index is 0.0627. The van der Waals surface area contributed by atoms with Crippen LogP contribution in [0.5, 0.6) is 5.88 Å². The van der Waals surface area contributed by atoms with E-state index in [4.69, 9.17) is 4.74 Å². The van der Waals surface area contributed by atoms with Crippen molar-refractivity contribution >= 4 is 21.6 Å². The van der Waals surface area contributed by atoms with E-state index < -0.39 is 4.92 Å². The predicted molar refractivity (Wildman–Crippen MR) is 71.8 cm³/mol. The molecule has 0 aliphatic carbocycles. The molecule has 1 aromatic heterocycles. The maximum Gasteiger partial charge on any atom is 0.332 e. The van der Waals surface area contributed by atoms with Gasteiger partial charge in [-0.3, -0.25) is 10.1 Å². The van der Waals surface area contributed by atoms with Gasteiger partial charge in [-0.05, 0) is 28.9 Å². The molecule has 100 valence electrons. The Morgan fingerprint density at radius 1 is 1.61 bits per heavy atom. The highest BCUT2D eigenvalue weighted by Crippen LogP contribution is 2.27. The zero-order chi connectivity index (χ0) is 13.5. The SMILES string of the molecule is CC(C)NCCCOc1ncc(Br)cc1[N+](=O)[O-]. The van der Waals surface area contributed by atoms with Crippen molar-refractivity contribution in [3.8, 4) is 5.88 Å². The van der Waals surface area contributed by atoms with Crippen molar-refractivity contribution in [2.24, 2.45) is 0 Å². The van der Waals surface area contributed by atoms with Crippen molar-refractivity contribution in [2.45, 2.75) is 26.3 Å². The normalized spacial score (nSPS) is 10.7. The maximum absolute atomic E-state index is 10.8. The molecule has 18 heavy (non-hydrogen) atoms. The third kappa shape index (κ3) is 4.97. The molecule has 1 rings (SSSR count). The van der Waals surface area contributed by atoms with Crippen molar-refractivity contribution < 1.29 is 9.66 Å². The lowest BCUT2D eigenvalue weighted by Crippen LogP contribution is -2.24. The van der Waals surface area contributed by atoms with Crippen LogP contribution in [0.2, 0.25) is 0 Å². The zero-order valence-corrected chi connectivity index (χ0v) is 11.9. The van der Waals surface area contributed by atoms with Gasteiger partial charge in [0.15, 0.2) is 0 Å². The number of ether oxygens (including phenoxy) is 1. The van der Waals surface area contributed by atoms with Gasteiger partial charge in [0, 0.05) is 22.8 Å². The molecular formula is C11H16BrN3O3. The van der Waals surface area contributed by atoms with E-state index in [0.717, 1.165) is 13.0 Å². The van der Waals surface area contributed by atoms with E-state index in [1.807, 2.05) is 0 Å². The van der Waals surface area contributed by atoms with Crippen LogP contribution < -0.4 is 10.1 Å². The first kappa shape index (κ1) is 14.8. The number of hydrogen-bond donors (Lipinski definition) is 1. The first-order valence-corrected chi connectivity index (χ1v) is 6.46. The number of hydrogen-bond acceptors (Lipinski definition) is 5. The molecule has 1 heterocycles. The molecule has 0 saturated carbocycles. The van der Waals surface area contributed by atoms with Crippen LogP contribution in [-0.2, 0) is 0 Å². The molecule has 0 aliphatic rings. The van der Waals surface area contributed by atoms with Crippen LogP contribution in [0.3, 0.4) is 0 Å². The number of nitrogens with zero attached hydrogens (tertiary/aromatic N) is 2. The largest absolute Gasteiger partial charge is 0.473 e. The zero-order valence-electron chi connectivity index (χ0n) is 10.4. The van der Waals surface area contributed by atoms with E-state index >= 15 is 0 Å². The second-order valence-electron chi connectivity index (χ2n) is 4.05. The first-order chi connectivity index (χ1) is 8.50. The van der Waals surface area contributed by atoms with Crippen LogP contribution in [0.1, 0.15) is 20.3 Å². The van der Waals surface area contributed by atoms with Gasteiger partial charge in [0.2, 0.25) is 0 Å². The van der Waals surface area contributed by atoms with Gasteiger partial charge in [0.1, 0.15) is 0 Å². The summed E-state index contributed by atoms with van der Waals surface area (Å²) in [5.41, 5.74) is -0.124. The topological polar surface area (TPSA) is 77.3 Å². The summed E-state index contributed by atoms with van der Waals surface area (Å²) in [5.74, 6) is 0.0627. The van der Waals surface area contributed by atoms with E-state index in [1.54, 1.807) is 0 Å². The molecule has 1 aromatic rings. The summed E-state index contributed by atoms with van der Waals surface area (Å²) in [5, 5.41) is 14.0. The molecule has 6 nitrogen and oxygen atoms in total. The molecule has 0 atom stereocenters. The number of pyridine rings is 1. The Kier molecular flexibility index (Phi) is 6.00. The molecule has 0 unspecified atom stereocenters. The van der Waals surface area contributed by atoms with E-state index in [2.05, 4.69) is 40.1 Å². The molecular weight excluding hydrogens is 302 g/mol. The van der Waals surface area contributed by atoms with Crippen molar-refractivity contribution in [3.05, 3.63) is 26.9 Å². The first-order valence-electron chi connectivity index (χ1n) is 5.67. The van der Waals surface area contributed by atoms with Gasteiger partial charge in [-0.25, -0.2) is 4.98 Å². The standard InChI is InChI=1S/C11H16BrN3O3/c1-8(2)13-4-3-5-18-11-10(15(16)17)6-9(12)7-14-11/h6-8,13H,3-5H2,1-2H3.